The van der Waals surface area contributed by atoms with Crippen LogP contribution in [0.15, 0.2) is 12.1 Å². The number of hydrogen-bond acceptors (Lipinski definition) is 3. The Bertz CT molecular complexity index is 564. The lowest BCUT2D eigenvalue weighted by Crippen LogP contribution is -2.45. The standard InChI is InChI=1S/C21H33NO3/c1-6-24-21(11-9-7-8-10-12-21)20(23)22-18-13-16(4)19(17(5)14-18)25-15(2)3/h13-15H,6-12H2,1-5H3,(H,22,23). The molecular formula is C21H33NO3. The summed E-state index contributed by atoms with van der Waals surface area (Å²) in [4.78, 5) is 13.1. The zero-order chi connectivity index (χ0) is 18.4. The Kier molecular flexibility index (Phi) is 6.88. The highest BCUT2D eigenvalue weighted by Crippen LogP contribution is 2.33. The minimum atomic E-state index is -0.680. The van der Waals surface area contributed by atoms with Gasteiger partial charge in [-0.25, -0.2) is 0 Å². The van der Waals surface area contributed by atoms with Gasteiger partial charge in [0.05, 0.1) is 6.10 Å². The molecule has 4 heteroatoms. The molecule has 0 aliphatic heterocycles. The van der Waals surface area contributed by atoms with E-state index in [9.17, 15) is 4.79 Å². The molecule has 0 radical (unpaired) electrons. The molecule has 2 rings (SSSR count). The number of anilines is 1. The number of hydrogen-bond donors (Lipinski definition) is 1. The predicted molar refractivity (Wildman–Crippen MR) is 102 cm³/mol. The predicted octanol–water partition coefficient (Wildman–Crippen LogP) is 5.16. The van der Waals surface area contributed by atoms with Crippen molar-refractivity contribution < 1.29 is 14.3 Å². The van der Waals surface area contributed by atoms with Crippen molar-refractivity contribution >= 4 is 11.6 Å². The maximum absolute atomic E-state index is 13.1. The Morgan fingerprint density at radius 1 is 1.12 bits per heavy atom. The van der Waals surface area contributed by atoms with Gasteiger partial charge < -0.3 is 14.8 Å². The van der Waals surface area contributed by atoms with Crippen molar-refractivity contribution in [1.29, 1.82) is 0 Å². The van der Waals surface area contributed by atoms with Crippen LogP contribution in [-0.2, 0) is 9.53 Å². The molecule has 0 saturated heterocycles. The molecule has 0 spiro atoms. The first-order valence-corrected chi connectivity index (χ1v) is 9.61. The average Bonchev–Trinajstić information content (AvgIpc) is 2.78. The molecule has 0 atom stereocenters. The second-order valence-corrected chi connectivity index (χ2v) is 7.40. The van der Waals surface area contributed by atoms with E-state index in [2.05, 4.69) is 5.32 Å². The van der Waals surface area contributed by atoms with Crippen LogP contribution < -0.4 is 10.1 Å². The molecule has 25 heavy (non-hydrogen) atoms. The van der Waals surface area contributed by atoms with Crippen molar-refractivity contribution in [3.05, 3.63) is 23.3 Å². The molecule has 1 aliphatic rings. The number of carbonyl (C=O) groups excluding carboxylic acids is 1. The third kappa shape index (κ3) is 4.97. The van der Waals surface area contributed by atoms with E-state index in [1.807, 2.05) is 46.8 Å². The number of benzene rings is 1. The largest absolute Gasteiger partial charge is 0.490 e. The average molecular weight is 347 g/mol. The highest BCUT2D eigenvalue weighted by atomic mass is 16.5. The molecule has 0 heterocycles. The molecule has 1 aromatic rings. The summed E-state index contributed by atoms with van der Waals surface area (Å²) in [6, 6.07) is 3.97. The van der Waals surface area contributed by atoms with Gasteiger partial charge in [0.15, 0.2) is 0 Å². The fraction of sp³-hybridized carbons (Fsp3) is 0.667. The first kappa shape index (κ1) is 19.8. The minimum absolute atomic E-state index is 0.00687. The lowest BCUT2D eigenvalue weighted by molar-refractivity contribution is -0.143. The molecule has 1 aliphatic carbocycles. The van der Waals surface area contributed by atoms with Crippen molar-refractivity contribution in [2.75, 3.05) is 11.9 Å². The molecule has 1 fully saturated rings. The Hall–Kier alpha value is -1.55. The van der Waals surface area contributed by atoms with Crippen molar-refractivity contribution in [3.8, 4) is 5.75 Å². The SMILES string of the molecule is CCOC1(C(=O)Nc2cc(C)c(OC(C)C)c(C)c2)CCCCCC1. The van der Waals surface area contributed by atoms with Gasteiger partial charge >= 0.3 is 0 Å². The van der Waals surface area contributed by atoms with Crippen LogP contribution in [0.3, 0.4) is 0 Å². The maximum Gasteiger partial charge on any atom is 0.256 e. The summed E-state index contributed by atoms with van der Waals surface area (Å²) in [5.74, 6) is 0.898. The zero-order valence-electron chi connectivity index (χ0n) is 16.4. The highest BCUT2D eigenvalue weighted by Gasteiger charge is 2.39. The number of rotatable bonds is 6. The normalized spacial score (nSPS) is 17.2. The van der Waals surface area contributed by atoms with Crippen LogP contribution in [0.2, 0.25) is 0 Å². The van der Waals surface area contributed by atoms with Gasteiger partial charge in [-0.1, -0.05) is 25.7 Å². The summed E-state index contributed by atoms with van der Waals surface area (Å²) in [6.07, 6.45) is 6.20. The first-order chi connectivity index (χ1) is 11.9. The van der Waals surface area contributed by atoms with Crippen molar-refractivity contribution in [2.24, 2.45) is 0 Å². The number of carbonyl (C=O) groups is 1. The monoisotopic (exact) mass is 347 g/mol. The van der Waals surface area contributed by atoms with Gasteiger partial charge in [0.2, 0.25) is 0 Å². The molecule has 0 aromatic heterocycles. The summed E-state index contributed by atoms with van der Waals surface area (Å²) in [6.45, 7) is 10.6. The molecule has 1 aromatic carbocycles. The lowest BCUT2D eigenvalue weighted by atomic mass is 9.92. The minimum Gasteiger partial charge on any atom is -0.490 e. The van der Waals surface area contributed by atoms with Crippen molar-refractivity contribution in [2.45, 2.75) is 84.8 Å². The summed E-state index contributed by atoms with van der Waals surface area (Å²) in [5.41, 5.74) is 2.21. The van der Waals surface area contributed by atoms with Crippen LogP contribution >= 0.6 is 0 Å². The third-order valence-corrected chi connectivity index (χ3v) is 4.82. The maximum atomic E-state index is 13.1. The molecule has 0 unspecified atom stereocenters. The van der Waals surface area contributed by atoms with Crippen LogP contribution in [0.25, 0.3) is 0 Å². The molecule has 1 N–H and O–H groups in total. The second-order valence-electron chi connectivity index (χ2n) is 7.40. The quantitative estimate of drug-likeness (QED) is 0.723. The van der Waals surface area contributed by atoms with Crippen LogP contribution in [0.4, 0.5) is 5.69 Å². The molecule has 1 saturated carbocycles. The summed E-state index contributed by atoms with van der Waals surface area (Å²) >= 11 is 0. The van der Waals surface area contributed by atoms with E-state index in [-0.39, 0.29) is 12.0 Å². The van der Waals surface area contributed by atoms with Gasteiger partial charge in [-0.05, 0) is 70.7 Å². The van der Waals surface area contributed by atoms with Crippen LogP contribution in [-0.4, -0.2) is 24.2 Å². The van der Waals surface area contributed by atoms with E-state index < -0.39 is 5.60 Å². The van der Waals surface area contributed by atoms with Crippen molar-refractivity contribution in [3.63, 3.8) is 0 Å². The number of ether oxygens (including phenoxy) is 2. The molecule has 4 nitrogen and oxygen atoms in total. The third-order valence-electron chi connectivity index (χ3n) is 4.82. The second kappa shape index (κ2) is 8.70. The zero-order valence-corrected chi connectivity index (χ0v) is 16.4. The fourth-order valence-electron chi connectivity index (χ4n) is 3.70. The number of amides is 1. The molecule has 140 valence electrons. The highest BCUT2D eigenvalue weighted by molar-refractivity contribution is 5.97. The smallest absolute Gasteiger partial charge is 0.256 e. The number of aryl methyl sites for hydroxylation is 2. The summed E-state index contributed by atoms with van der Waals surface area (Å²) in [7, 11) is 0. The van der Waals surface area contributed by atoms with Gasteiger partial charge in [-0.15, -0.1) is 0 Å². The molecular weight excluding hydrogens is 314 g/mol. The van der Waals surface area contributed by atoms with E-state index in [1.54, 1.807) is 0 Å². The summed E-state index contributed by atoms with van der Waals surface area (Å²) in [5, 5.41) is 3.11. The van der Waals surface area contributed by atoms with E-state index in [0.29, 0.717) is 6.61 Å². The van der Waals surface area contributed by atoms with E-state index >= 15 is 0 Å². The van der Waals surface area contributed by atoms with Gasteiger partial charge in [0.25, 0.3) is 5.91 Å². The van der Waals surface area contributed by atoms with Crippen LogP contribution in [0.5, 0.6) is 5.75 Å². The Morgan fingerprint density at radius 2 is 1.68 bits per heavy atom. The van der Waals surface area contributed by atoms with Crippen LogP contribution in [0.1, 0.15) is 70.4 Å². The van der Waals surface area contributed by atoms with Crippen molar-refractivity contribution in [1.82, 2.24) is 0 Å². The Balaban J connectivity index is 2.20. The number of nitrogens with one attached hydrogen (secondary N) is 1. The Labute approximate surface area is 152 Å². The van der Waals surface area contributed by atoms with E-state index in [4.69, 9.17) is 9.47 Å². The van der Waals surface area contributed by atoms with Crippen LogP contribution in [0, 0.1) is 13.8 Å². The molecule has 1 amide bonds. The van der Waals surface area contributed by atoms with E-state index in [0.717, 1.165) is 48.2 Å². The van der Waals surface area contributed by atoms with E-state index in [1.165, 1.54) is 12.8 Å². The lowest BCUT2D eigenvalue weighted by Gasteiger charge is -2.31. The summed E-state index contributed by atoms with van der Waals surface area (Å²) < 4.78 is 11.9. The van der Waals surface area contributed by atoms with Gasteiger partial charge in [0.1, 0.15) is 11.4 Å². The fourth-order valence-corrected chi connectivity index (χ4v) is 3.70. The van der Waals surface area contributed by atoms with Gasteiger partial charge in [-0.3, -0.25) is 4.79 Å². The topological polar surface area (TPSA) is 47.6 Å². The van der Waals surface area contributed by atoms with Gasteiger partial charge in [-0.2, -0.15) is 0 Å². The van der Waals surface area contributed by atoms with Gasteiger partial charge in [0, 0.05) is 12.3 Å². The Morgan fingerprint density at radius 3 is 2.16 bits per heavy atom. The first-order valence-electron chi connectivity index (χ1n) is 9.61. The molecule has 0 bridgehead atoms.